The molecule has 0 aliphatic rings. The van der Waals surface area contributed by atoms with Crippen LogP contribution in [0.2, 0.25) is 0 Å². The van der Waals surface area contributed by atoms with Gasteiger partial charge in [-0.05, 0) is 24.3 Å². The number of oxazole rings is 1. The third kappa shape index (κ3) is 3.34. The number of benzene rings is 1. The zero-order valence-electron chi connectivity index (χ0n) is 11.8. The summed E-state index contributed by atoms with van der Waals surface area (Å²) in [6.07, 6.45) is 3.07. The van der Waals surface area contributed by atoms with Crippen molar-refractivity contribution in [1.82, 2.24) is 19.9 Å². The van der Waals surface area contributed by atoms with E-state index in [4.69, 9.17) is 14.9 Å². The molecular formula is C14H13N5O2S. The predicted molar refractivity (Wildman–Crippen MR) is 82.3 cm³/mol. The summed E-state index contributed by atoms with van der Waals surface area (Å²) in [6, 6.07) is 7.59. The SMILES string of the molecule is COc1ccc(-c2cnc(CSc3ncnc(N)n3)o2)cc1. The Labute approximate surface area is 131 Å². The zero-order chi connectivity index (χ0) is 15.4. The molecule has 2 N–H and O–H groups in total. The van der Waals surface area contributed by atoms with Crippen molar-refractivity contribution in [3.63, 3.8) is 0 Å². The van der Waals surface area contributed by atoms with E-state index in [0.717, 1.165) is 11.3 Å². The molecule has 2 aromatic heterocycles. The number of hydrogen-bond donors (Lipinski definition) is 1. The molecule has 0 aliphatic heterocycles. The van der Waals surface area contributed by atoms with Crippen LogP contribution in [0.25, 0.3) is 11.3 Å². The van der Waals surface area contributed by atoms with Crippen molar-refractivity contribution in [3.8, 4) is 17.1 Å². The molecule has 8 heteroatoms. The Bertz CT molecular complexity index is 760. The maximum Gasteiger partial charge on any atom is 0.223 e. The average Bonchev–Trinajstić information content (AvgIpc) is 3.02. The number of aromatic nitrogens is 4. The number of ether oxygens (including phenoxy) is 1. The Morgan fingerprint density at radius 2 is 2.00 bits per heavy atom. The van der Waals surface area contributed by atoms with E-state index in [2.05, 4.69) is 19.9 Å². The lowest BCUT2D eigenvalue weighted by Crippen LogP contribution is -1.97. The number of nitrogens with two attached hydrogens (primary N) is 1. The summed E-state index contributed by atoms with van der Waals surface area (Å²) in [7, 11) is 1.63. The van der Waals surface area contributed by atoms with Gasteiger partial charge in [0.2, 0.25) is 11.8 Å². The topological polar surface area (TPSA) is 100.0 Å². The molecule has 0 fully saturated rings. The van der Waals surface area contributed by atoms with Crippen LogP contribution in [0.4, 0.5) is 5.95 Å². The Morgan fingerprint density at radius 1 is 1.18 bits per heavy atom. The van der Waals surface area contributed by atoms with Gasteiger partial charge in [-0.1, -0.05) is 11.8 Å². The van der Waals surface area contributed by atoms with Gasteiger partial charge >= 0.3 is 0 Å². The second-order valence-electron chi connectivity index (χ2n) is 4.26. The monoisotopic (exact) mass is 315 g/mol. The van der Waals surface area contributed by atoms with E-state index < -0.39 is 0 Å². The minimum atomic E-state index is 0.198. The van der Waals surface area contributed by atoms with Crippen LogP contribution in [0.15, 0.2) is 46.4 Å². The van der Waals surface area contributed by atoms with E-state index in [9.17, 15) is 0 Å². The minimum Gasteiger partial charge on any atom is -0.497 e. The first-order chi connectivity index (χ1) is 10.7. The summed E-state index contributed by atoms with van der Waals surface area (Å²) in [4.78, 5) is 16.0. The van der Waals surface area contributed by atoms with Gasteiger partial charge in [0.25, 0.3) is 0 Å². The van der Waals surface area contributed by atoms with E-state index in [1.165, 1.54) is 18.1 Å². The molecule has 0 bridgehead atoms. The number of anilines is 1. The quantitative estimate of drug-likeness (QED) is 0.716. The summed E-state index contributed by atoms with van der Waals surface area (Å²) in [6.45, 7) is 0. The summed E-state index contributed by atoms with van der Waals surface area (Å²) in [5.74, 6) is 2.80. The highest BCUT2D eigenvalue weighted by molar-refractivity contribution is 7.98. The molecule has 0 aliphatic carbocycles. The first-order valence-corrected chi connectivity index (χ1v) is 7.39. The fourth-order valence-electron chi connectivity index (χ4n) is 1.75. The Kier molecular flexibility index (Phi) is 4.19. The van der Waals surface area contributed by atoms with Crippen LogP contribution in [0.5, 0.6) is 5.75 Å². The molecule has 0 saturated carbocycles. The van der Waals surface area contributed by atoms with E-state index in [0.29, 0.717) is 22.6 Å². The molecule has 1 aromatic carbocycles. The normalized spacial score (nSPS) is 10.6. The predicted octanol–water partition coefficient (Wildman–Crippen LogP) is 2.41. The van der Waals surface area contributed by atoms with Crippen molar-refractivity contribution in [2.24, 2.45) is 0 Å². The third-order valence-corrected chi connectivity index (χ3v) is 3.67. The van der Waals surface area contributed by atoms with Gasteiger partial charge in [0.05, 0.1) is 19.1 Å². The summed E-state index contributed by atoms with van der Waals surface area (Å²) in [5, 5.41) is 0.539. The molecule has 3 aromatic rings. The number of nitrogen functional groups attached to an aromatic ring is 1. The van der Waals surface area contributed by atoms with Crippen LogP contribution in [0.3, 0.4) is 0 Å². The lowest BCUT2D eigenvalue weighted by Gasteiger charge is -2.00. The lowest BCUT2D eigenvalue weighted by molar-refractivity contribution is 0.415. The third-order valence-electron chi connectivity index (χ3n) is 2.82. The molecule has 0 spiro atoms. The summed E-state index contributed by atoms with van der Waals surface area (Å²) >= 11 is 1.38. The highest BCUT2D eigenvalue weighted by Crippen LogP contribution is 2.25. The van der Waals surface area contributed by atoms with E-state index >= 15 is 0 Å². The number of rotatable bonds is 5. The van der Waals surface area contributed by atoms with Gasteiger partial charge in [-0.15, -0.1) is 0 Å². The Hall–Kier alpha value is -2.61. The van der Waals surface area contributed by atoms with Gasteiger partial charge in [-0.2, -0.15) is 4.98 Å². The molecule has 0 atom stereocenters. The van der Waals surface area contributed by atoms with Gasteiger partial charge in [-0.3, -0.25) is 0 Å². The van der Waals surface area contributed by atoms with Crippen LogP contribution in [0, 0.1) is 0 Å². The Morgan fingerprint density at radius 3 is 2.73 bits per heavy atom. The smallest absolute Gasteiger partial charge is 0.223 e. The number of thioether (sulfide) groups is 1. The molecule has 3 rings (SSSR count). The van der Waals surface area contributed by atoms with E-state index in [1.807, 2.05) is 24.3 Å². The molecule has 7 nitrogen and oxygen atoms in total. The fraction of sp³-hybridized carbons (Fsp3) is 0.143. The summed E-state index contributed by atoms with van der Waals surface area (Å²) in [5.41, 5.74) is 6.45. The minimum absolute atomic E-state index is 0.198. The lowest BCUT2D eigenvalue weighted by atomic mass is 10.2. The van der Waals surface area contributed by atoms with E-state index in [1.54, 1.807) is 13.3 Å². The fourth-order valence-corrected chi connectivity index (χ4v) is 2.42. The van der Waals surface area contributed by atoms with Crippen LogP contribution in [-0.4, -0.2) is 27.0 Å². The number of methoxy groups -OCH3 is 1. The maximum atomic E-state index is 5.72. The zero-order valence-corrected chi connectivity index (χ0v) is 12.6. The number of nitrogens with zero attached hydrogens (tertiary/aromatic N) is 4. The largest absolute Gasteiger partial charge is 0.497 e. The van der Waals surface area contributed by atoms with Crippen LogP contribution < -0.4 is 10.5 Å². The molecule has 112 valence electrons. The molecular weight excluding hydrogens is 302 g/mol. The molecule has 0 unspecified atom stereocenters. The summed E-state index contributed by atoms with van der Waals surface area (Å²) < 4.78 is 10.8. The van der Waals surface area contributed by atoms with Crippen LogP contribution in [-0.2, 0) is 5.75 Å². The van der Waals surface area contributed by atoms with Gasteiger partial charge in [0.1, 0.15) is 12.1 Å². The maximum absolute atomic E-state index is 5.72. The van der Waals surface area contributed by atoms with Gasteiger partial charge in [0, 0.05) is 5.56 Å². The van der Waals surface area contributed by atoms with Crippen molar-refractivity contribution in [2.75, 3.05) is 12.8 Å². The van der Waals surface area contributed by atoms with Crippen LogP contribution >= 0.6 is 11.8 Å². The molecule has 0 saturated heterocycles. The highest BCUT2D eigenvalue weighted by Gasteiger charge is 2.08. The van der Waals surface area contributed by atoms with E-state index in [-0.39, 0.29) is 5.95 Å². The Balaban J connectivity index is 1.68. The van der Waals surface area contributed by atoms with Gasteiger partial charge in [-0.25, -0.2) is 15.0 Å². The second-order valence-corrected chi connectivity index (χ2v) is 5.20. The second kappa shape index (κ2) is 6.44. The van der Waals surface area contributed by atoms with Crippen molar-refractivity contribution < 1.29 is 9.15 Å². The molecule has 0 amide bonds. The van der Waals surface area contributed by atoms with Crippen molar-refractivity contribution >= 4 is 17.7 Å². The van der Waals surface area contributed by atoms with Gasteiger partial charge in [0.15, 0.2) is 10.9 Å². The molecule has 22 heavy (non-hydrogen) atoms. The van der Waals surface area contributed by atoms with Crippen molar-refractivity contribution in [3.05, 3.63) is 42.7 Å². The molecule has 2 heterocycles. The first kappa shape index (κ1) is 14.3. The molecule has 0 radical (unpaired) electrons. The standard InChI is InChI=1S/C14H13N5O2S/c1-20-10-4-2-9(3-5-10)11-6-16-12(21-11)7-22-14-18-8-17-13(15)19-14/h2-6,8H,7H2,1H3,(H2,15,17,18,19). The first-order valence-electron chi connectivity index (χ1n) is 6.41. The van der Waals surface area contributed by atoms with Crippen molar-refractivity contribution in [2.45, 2.75) is 10.9 Å². The van der Waals surface area contributed by atoms with Crippen molar-refractivity contribution in [1.29, 1.82) is 0 Å². The van der Waals surface area contributed by atoms with Crippen LogP contribution in [0.1, 0.15) is 5.89 Å². The average molecular weight is 315 g/mol. The highest BCUT2D eigenvalue weighted by atomic mass is 32.2. The number of hydrogen-bond acceptors (Lipinski definition) is 8. The van der Waals surface area contributed by atoms with Gasteiger partial charge < -0.3 is 14.9 Å².